The molecule has 2 aromatic rings. The minimum atomic E-state index is 0.746. The van der Waals surface area contributed by atoms with Gasteiger partial charge in [0.2, 0.25) is 0 Å². The summed E-state index contributed by atoms with van der Waals surface area (Å²) in [4.78, 5) is 0. The maximum Gasteiger partial charge on any atom is 0.0703 e. The second kappa shape index (κ2) is 2.73. The molecule has 2 N–H and O–H groups in total. The van der Waals surface area contributed by atoms with Crippen molar-refractivity contribution in [2.24, 2.45) is 7.05 Å². The summed E-state index contributed by atoms with van der Waals surface area (Å²) in [5.74, 6) is 0. The lowest BCUT2D eigenvalue weighted by atomic mass is 10.2. The van der Waals surface area contributed by atoms with Gasteiger partial charge in [0, 0.05) is 22.6 Å². The third kappa shape index (κ3) is 1.21. The SMILES string of the molecule is Cc1nn(C)c2cc(N)c(Br)cc12. The third-order valence-electron chi connectivity index (χ3n) is 2.15. The Morgan fingerprint density at radius 1 is 1.46 bits per heavy atom. The van der Waals surface area contributed by atoms with Gasteiger partial charge in [0.15, 0.2) is 0 Å². The van der Waals surface area contributed by atoms with Gasteiger partial charge in [-0.25, -0.2) is 0 Å². The first-order valence-electron chi connectivity index (χ1n) is 3.98. The Hall–Kier alpha value is -1.03. The van der Waals surface area contributed by atoms with Crippen molar-refractivity contribution in [1.82, 2.24) is 9.78 Å². The van der Waals surface area contributed by atoms with Crippen LogP contribution in [-0.4, -0.2) is 9.78 Å². The fourth-order valence-corrected chi connectivity index (χ4v) is 1.81. The van der Waals surface area contributed by atoms with Gasteiger partial charge in [0.05, 0.1) is 11.2 Å². The van der Waals surface area contributed by atoms with Crippen LogP contribution in [0, 0.1) is 6.92 Å². The molecule has 0 unspecified atom stereocenters. The van der Waals surface area contributed by atoms with E-state index in [-0.39, 0.29) is 0 Å². The zero-order chi connectivity index (χ0) is 9.59. The zero-order valence-corrected chi connectivity index (χ0v) is 9.09. The summed E-state index contributed by atoms with van der Waals surface area (Å²) in [7, 11) is 1.92. The van der Waals surface area contributed by atoms with Crippen LogP contribution in [0.3, 0.4) is 0 Å². The molecule has 13 heavy (non-hydrogen) atoms. The van der Waals surface area contributed by atoms with E-state index in [2.05, 4.69) is 21.0 Å². The Balaban J connectivity index is 2.91. The standard InChI is InChI=1S/C9H10BrN3/c1-5-6-3-7(10)8(11)4-9(6)13(2)12-5/h3-4H,11H2,1-2H3. The highest BCUT2D eigenvalue weighted by atomic mass is 79.9. The zero-order valence-electron chi connectivity index (χ0n) is 7.50. The number of fused-ring (bicyclic) bond motifs is 1. The largest absolute Gasteiger partial charge is 0.398 e. The summed E-state index contributed by atoms with van der Waals surface area (Å²) >= 11 is 3.40. The third-order valence-corrected chi connectivity index (χ3v) is 2.84. The first-order valence-corrected chi connectivity index (χ1v) is 4.77. The highest BCUT2D eigenvalue weighted by Gasteiger charge is 2.06. The van der Waals surface area contributed by atoms with E-state index in [1.807, 2.05) is 30.8 Å². The molecule has 68 valence electrons. The molecule has 1 aromatic carbocycles. The molecule has 0 radical (unpaired) electrons. The van der Waals surface area contributed by atoms with Crippen LogP contribution in [0.2, 0.25) is 0 Å². The van der Waals surface area contributed by atoms with Gasteiger partial charge in [-0.2, -0.15) is 5.10 Å². The van der Waals surface area contributed by atoms with Gasteiger partial charge in [-0.3, -0.25) is 4.68 Å². The van der Waals surface area contributed by atoms with E-state index in [1.165, 1.54) is 0 Å². The van der Waals surface area contributed by atoms with Crippen LogP contribution in [0.4, 0.5) is 5.69 Å². The van der Waals surface area contributed by atoms with Crippen molar-refractivity contribution < 1.29 is 0 Å². The lowest BCUT2D eigenvalue weighted by Gasteiger charge is -1.99. The van der Waals surface area contributed by atoms with Crippen LogP contribution in [0.15, 0.2) is 16.6 Å². The molecule has 0 bridgehead atoms. The quantitative estimate of drug-likeness (QED) is 0.717. The number of nitrogens with two attached hydrogens (primary N) is 1. The van der Waals surface area contributed by atoms with Crippen molar-refractivity contribution in [1.29, 1.82) is 0 Å². The number of rotatable bonds is 0. The van der Waals surface area contributed by atoms with Gasteiger partial charge in [0.1, 0.15) is 0 Å². The average Bonchev–Trinajstić information content (AvgIpc) is 2.31. The molecule has 0 saturated heterocycles. The summed E-state index contributed by atoms with van der Waals surface area (Å²) in [6.45, 7) is 1.99. The molecule has 0 aliphatic rings. The predicted molar refractivity (Wildman–Crippen MR) is 57.6 cm³/mol. The monoisotopic (exact) mass is 239 g/mol. The fourth-order valence-electron chi connectivity index (χ4n) is 1.47. The first-order chi connectivity index (χ1) is 6.09. The summed E-state index contributed by atoms with van der Waals surface area (Å²) in [6.07, 6.45) is 0. The number of hydrogen-bond acceptors (Lipinski definition) is 2. The van der Waals surface area contributed by atoms with Crippen molar-refractivity contribution >= 4 is 32.5 Å². The van der Waals surface area contributed by atoms with Crippen molar-refractivity contribution in [2.45, 2.75) is 6.92 Å². The lowest BCUT2D eigenvalue weighted by molar-refractivity contribution is 0.783. The highest BCUT2D eigenvalue weighted by molar-refractivity contribution is 9.10. The van der Waals surface area contributed by atoms with E-state index in [0.29, 0.717) is 0 Å². The molecular weight excluding hydrogens is 230 g/mol. The van der Waals surface area contributed by atoms with E-state index >= 15 is 0 Å². The van der Waals surface area contributed by atoms with Crippen LogP contribution in [-0.2, 0) is 7.05 Å². The summed E-state index contributed by atoms with van der Waals surface area (Å²) < 4.78 is 2.77. The maximum absolute atomic E-state index is 5.78. The number of hydrogen-bond donors (Lipinski definition) is 1. The van der Waals surface area contributed by atoms with Gasteiger partial charge < -0.3 is 5.73 Å². The first kappa shape index (κ1) is 8.56. The van der Waals surface area contributed by atoms with E-state index in [9.17, 15) is 0 Å². The molecule has 1 heterocycles. The number of anilines is 1. The van der Waals surface area contributed by atoms with E-state index in [4.69, 9.17) is 5.73 Å². The fraction of sp³-hybridized carbons (Fsp3) is 0.222. The number of nitrogens with zero attached hydrogens (tertiary/aromatic N) is 2. The Kier molecular flexibility index (Phi) is 1.80. The van der Waals surface area contributed by atoms with Gasteiger partial charge >= 0.3 is 0 Å². The average molecular weight is 240 g/mol. The highest BCUT2D eigenvalue weighted by Crippen LogP contribution is 2.27. The van der Waals surface area contributed by atoms with E-state index in [1.54, 1.807) is 0 Å². The second-order valence-corrected chi connectivity index (χ2v) is 3.95. The Bertz CT molecular complexity index is 431. The van der Waals surface area contributed by atoms with Gasteiger partial charge in [-0.05, 0) is 35.0 Å². The smallest absolute Gasteiger partial charge is 0.0703 e. The molecule has 0 aliphatic heterocycles. The minimum absolute atomic E-state index is 0.746. The number of halogens is 1. The molecule has 2 rings (SSSR count). The number of aryl methyl sites for hydroxylation is 2. The van der Waals surface area contributed by atoms with Crippen LogP contribution in [0.25, 0.3) is 10.9 Å². The molecule has 0 spiro atoms. The molecule has 0 fully saturated rings. The van der Waals surface area contributed by atoms with Gasteiger partial charge in [0.25, 0.3) is 0 Å². The lowest BCUT2D eigenvalue weighted by Crippen LogP contribution is -1.91. The number of nitrogen functional groups attached to an aromatic ring is 1. The van der Waals surface area contributed by atoms with Crippen LogP contribution in [0.5, 0.6) is 0 Å². The predicted octanol–water partition coefficient (Wildman–Crippen LogP) is 2.23. The molecular formula is C9H10BrN3. The molecule has 0 saturated carbocycles. The number of aromatic nitrogens is 2. The minimum Gasteiger partial charge on any atom is -0.398 e. The van der Waals surface area contributed by atoms with Gasteiger partial charge in [-0.1, -0.05) is 0 Å². The van der Waals surface area contributed by atoms with Crippen molar-refractivity contribution in [2.75, 3.05) is 5.73 Å². The Labute approximate surface area is 84.7 Å². The Morgan fingerprint density at radius 3 is 2.85 bits per heavy atom. The topological polar surface area (TPSA) is 43.8 Å². The number of benzene rings is 1. The molecule has 4 heteroatoms. The van der Waals surface area contributed by atoms with E-state index in [0.717, 1.165) is 26.8 Å². The van der Waals surface area contributed by atoms with Crippen molar-refractivity contribution in [3.05, 3.63) is 22.3 Å². The summed E-state index contributed by atoms with van der Waals surface area (Å²) in [5.41, 5.74) is 8.62. The van der Waals surface area contributed by atoms with Crippen LogP contribution >= 0.6 is 15.9 Å². The molecule has 0 amide bonds. The second-order valence-electron chi connectivity index (χ2n) is 3.10. The molecule has 0 atom stereocenters. The van der Waals surface area contributed by atoms with Crippen LogP contribution in [0.1, 0.15) is 5.69 Å². The van der Waals surface area contributed by atoms with Crippen molar-refractivity contribution in [3.63, 3.8) is 0 Å². The van der Waals surface area contributed by atoms with Crippen molar-refractivity contribution in [3.8, 4) is 0 Å². The normalized spacial score (nSPS) is 11.0. The maximum atomic E-state index is 5.78. The Morgan fingerprint density at radius 2 is 2.15 bits per heavy atom. The summed E-state index contributed by atoms with van der Waals surface area (Å²) in [6, 6.07) is 3.94. The molecule has 0 aliphatic carbocycles. The molecule has 1 aromatic heterocycles. The summed E-state index contributed by atoms with van der Waals surface area (Å²) in [5, 5.41) is 5.45. The molecule has 3 nitrogen and oxygen atoms in total. The van der Waals surface area contributed by atoms with Gasteiger partial charge in [-0.15, -0.1) is 0 Å². The van der Waals surface area contributed by atoms with Crippen LogP contribution < -0.4 is 5.73 Å². The van der Waals surface area contributed by atoms with E-state index < -0.39 is 0 Å².